The summed E-state index contributed by atoms with van der Waals surface area (Å²) in [6, 6.07) is 5.65. The number of anilines is 1. The second-order valence-corrected chi connectivity index (χ2v) is 6.39. The lowest BCUT2D eigenvalue weighted by atomic mass is 10.2. The van der Waals surface area contributed by atoms with Crippen LogP contribution in [0, 0.1) is 13.8 Å². The van der Waals surface area contributed by atoms with Crippen molar-refractivity contribution in [3.8, 4) is 5.88 Å². The fourth-order valence-electron chi connectivity index (χ4n) is 2.35. The summed E-state index contributed by atoms with van der Waals surface area (Å²) in [5, 5.41) is 0. The molecule has 3 aromatic rings. The Kier molecular flexibility index (Phi) is 5.00. The summed E-state index contributed by atoms with van der Waals surface area (Å²) in [5.74, 6) is 1.89. The fourth-order valence-corrected chi connectivity index (χ4v) is 3.32. The van der Waals surface area contributed by atoms with Crippen LogP contribution in [0.3, 0.4) is 0 Å². The molecular formula is C17H20N5OS+. The third-order valence-electron chi connectivity index (χ3n) is 3.73. The van der Waals surface area contributed by atoms with E-state index in [0.29, 0.717) is 30.7 Å². The molecule has 3 heterocycles. The van der Waals surface area contributed by atoms with E-state index in [0.717, 1.165) is 12.0 Å². The van der Waals surface area contributed by atoms with Crippen LogP contribution in [0.4, 0.5) is 5.82 Å². The predicted octanol–water partition coefficient (Wildman–Crippen LogP) is 2.09. The number of ether oxygens (including phenoxy) is 1. The summed E-state index contributed by atoms with van der Waals surface area (Å²) in [6.07, 6.45) is 4.37. The van der Waals surface area contributed by atoms with Crippen molar-refractivity contribution in [1.29, 1.82) is 0 Å². The number of nitrogen functional groups attached to an aromatic ring is 1. The highest BCUT2D eigenvalue weighted by Crippen LogP contribution is 2.15. The van der Waals surface area contributed by atoms with Gasteiger partial charge in [0.1, 0.15) is 11.6 Å². The number of aryl methyl sites for hydroxylation is 1. The van der Waals surface area contributed by atoms with Crippen LogP contribution < -0.4 is 15.0 Å². The molecule has 0 bridgehead atoms. The van der Waals surface area contributed by atoms with Crippen molar-refractivity contribution >= 4 is 17.2 Å². The molecular weight excluding hydrogens is 322 g/mol. The van der Waals surface area contributed by atoms with Crippen LogP contribution in [-0.2, 0) is 13.0 Å². The largest absolute Gasteiger partial charge is 0.477 e. The van der Waals surface area contributed by atoms with Gasteiger partial charge in [0.25, 0.3) is 0 Å². The number of thiazole rings is 1. The number of hydrogen-bond acceptors (Lipinski definition) is 6. The van der Waals surface area contributed by atoms with E-state index >= 15 is 0 Å². The maximum atomic E-state index is 5.98. The number of hydrogen-bond donors (Lipinski definition) is 1. The predicted molar refractivity (Wildman–Crippen MR) is 93.0 cm³/mol. The van der Waals surface area contributed by atoms with E-state index < -0.39 is 0 Å². The van der Waals surface area contributed by atoms with E-state index in [2.05, 4.69) is 32.0 Å². The Hall–Kier alpha value is -2.54. The van der Waals surface area contributed by atoms with Gasteiger partial charge >= 0.3 is 0 Å². The molecule has 2 N–H and O–H groups in total. The molecule has 0 amide bonds. The smallest absolute Gasteiger partial charge is 0.225 e. The Bertz CT molecular complexity index is 819. The summed E-state index contributed by atoms with van der Waals surface area (Å²) in [4.78, 5) is 13.9. The van der Waals surface area contributed by atoms with Crippen molar-refractivity contribution in [1.82, 2.24) is 15.0 Å². The normalized spacial score (nSPS) is 10.8. The van der Waals surface area contributed by atoms with Crippen LogP contribution in [-0.4, -0.2) is 21.6 Å². The molecule has 0 fully saturated rings. The van der Waals surface area contributed by atoms with Gasteiger partial charge in [0.2, 0.25) is 11.4 Å². The van der Waals surface area contributed by atoms with E-state index in [1.165, 1.54) is 10.6 Å². The molecule has 0 atom stereocenters. The SMILES string of the molecule is Cc1ncc(C[n+]2csc(CCOc3ccccn3)c2C)c(N)n1. The van der Waals surface area contributed by atoms with Crippen molar-refractivity contribution in [2.45, 2.75) is 26.8 Å². The first-order chi connectivity index (χ1) is 11.6. The van der Waals surface area contributed by atoms with Gasteiger partial charge < -0.3 is 10.5 Å². The zero-order valence-electron chi connectivity index (χ0n) is 13.8. The molecule has 0 saturated carbocycles. The quantitative estimate of drug-likeness (QED) is 0.694. The second-order valence-electron chi connectivity index (χ2n) is 5.45. The zero-order chi connectivity index (χ0) is 16.9. The lowest BCUT2D eigenvalue weighted by molar-refractivity contribution is -0.689. The van der Waals surface area contributed by atoms with Crippen LogP contribution in [0.5, 0.6) is 5.88 Å². The van der Waals surface area contributed by atoms with Gasteiger partial charge in [0, 0.05) is 31.8 Å². The van der Waals surface area contributed by atoms with E-state index in [1.54, 1.807) is 23.7 Å². The van der Waals surface area contributed by atoms with E-state index in [-0.39, 0.29) is 0 Å². The van der Waals surface area contributed by atoms with Crippen LogP contribution >= 0.6 is 11.3 Å². The minimum atomic E-state index is 0.542. The van der Waals surface area contributed by atoms with E-state index in [4.69, 9.17) is 10.5 Å². The molecule has 0 aliphatic heterocycles. The molecule has 0 spiro atoms. The Labute approximate surface area is 145 Å². The second kappa shape index (κ2) is 7.35. The molecule has 24 heavy (non-hydrogen) atoms. The van der Waals surface area contributed by atoms with Crippen molar-refractivity contribution < 1.29 is 9.30 Å². The number of nitrogens with two attached hydrogens (primary N) is 1. The molecule has 0 unspecified atom stereocenters. The van der Waals surface area contributed by atoms with Gasteiger partial charge in [-0.2, -0.15) is 4.57 Å². The van der Waals surface area contributed by atoms with Gasteiger partial charge in [0.05, 0.1) is 17.0 Å². The highest BCUT2D eigenvalue weighted by molar-refractivity contribution is 7.09. The fraction of sp³-hybridized carbons (Fsp3) is 0.294. The number of rotatable bonds is 6. The average Bonchev–Trinajstić information content (AvgIpc) is 2.92. The van der Waals surface area contributed by atoms with Crippen molar-refractivity contribution in [3.05, 3.63) is 58.1 Å². The third-order valence-corrected chi connectivity index (χ3v) is 4.88. The molecule has 3 aromatic heterocycles. The first-order valence-electron chi connectivity index (χ1n) is 7.71. The molecule has 6 nitrogen and oxygen atoms in total. The highest BCUT2D eigenvalue weighted by Gasteiger charge is 2.17. The van der Waals surface area contributed by atoms with Crippen molar-refractivity contribution in [3.63, 3.8) is 0 Å². The van der Waals surface area contributed by atoms with Gasteiger partial charge in [-0.1, -0.05) is 17.4 Å². The van der Waals surface area contributed by atoms with Gasteiger partial charge in [0.15, 0.2) is 12.2 Å². The minimum absolute atomic E-state index is 0.542. The Balaban J connectivity index is 1.63. The van der Waals surface area contributed by atoms with Gasteiger partial charge in [-0.15, -0.1) is 0 Å². The first-order valence-corrected chi connectivity index (χ1v) is 8.59. The maximum Gasteiger partial charge on any atom is 0.225 e. The Morgan fingerprint density at radius 3 is 2.88 bits per heavy atom. The van der Waals surface area contributed by atoms with Crippen molar-refractivity contribution in [2.75, 3.05) is 12.3 Å². The molecule has 0 aliphatic rings. The monoisotopic (exact) mass is 342 g/mol. The number of aromatic nitrogens is 4. The summed E-state index contributed by atoms with van der Waals surface area (Å²) < 4.78 is 7.84. The highest BCUT2D eigenvalue weighted by atomic mass is 32.1. The van der Waals surface area contributed by atoms with E-state index in [9.17, 15) is 0 Å². The molecule has 3 rings (SSSR count). The summed E-state index contributed by atoms with van der Waals surface area (Å²) >= 11 is 1.72. The van der Waals surface area contributed by atoms with Gasteiger partial charge in [-0.25, -0.2) is 15.0 Å². The molecule has 0 radical (unpaired) electrons. The average molecular weight is 342 g/mol. The third kappa shape index (κ3) is 3.86. The van der Waals surface area contributed by atoms with Crippen LogP contribution in [0.1, 0.15) is 22.0 Å². The van der Waals surface area contributed by atoms with Crippen molar-refractivity contribution in [2.24, 2.45) is 0 Å². The zero-order valence-corrected chi connectivity index (χ0v) is 14.6. The van der Waals surface area contributed by atoms with Gasteiger partial charge in [-0.3, -0.25) is 0 Å². The molecule has 0 aliphatic carbocycles. The van der Waals surface area contributed by atoms with Gasteiger partial charge in [-0.05, 0) is 13.0 Å². The molecule has 0 saturated heterocycles. The minimum Gasteiger partial charge on any atom is -0.477 e. The standard InChI is InChI=1S/C17H20N5OS/c1-12-15(6-8-23-16-5-3-4-7-19-16)24-11-22(12)10-14-9-20-13(2)21-17(14)18/h3-5,7,9,11H,6,8,10H2,1-2H3,(H2,18,20,21)/q+1. The molecule has 124 valence electrons. The summed E-state index contributed by atoms with van der Waals surface area (Å²) in [6.45, 7) is 5.23. The molecule has 0 aromatic carbocycles. The molecule has 7 heteroatoms. The maximum absolute atomic E-state index is 5.98. The summed E-state index contributed by atoms with van der Waals surface area (Å²) in [7, 11) is 0. The van der Waals surface area contributed by atoms with Crippen LogP contribution in [0.25, 0.3) is 0 Å². The lowest BCUT2D eigenvalue weighted by Crippen LogP contribution is -2.35. The Morgan fingerprint density at radius 1 is 1.25 bits per heavy atom. The number of nitrogens with zero attached hydrogens (tertiary/aromatic N) is 4. The van der Waals surface area contributed by atoms with Crippen LogP contribution in [0.2, 0.25) is 0 Å². The Morgan fingerprint density at radius 2 is 2.12 bits per heavy atom. The van der Waals surface area contributed by atoms with E-state index in [1.807, 2.05) is 25.1 Å². The summed E-state index contributed by atoms with van der Waals surface area (Å²) in [5.41, 5.74) is 10.2. The first kappa shape index (κ1) is 16.3. The number of pyridine rings is 1. The topological polar surface area (TPSA) is 77.8 Å². The van der Waals surface area contributed by atoms with Crippen LogP contribution in [0.15, 0.2) is 36.1 Å². The lowest BCUT2D eigenvalue weighted by Gasteiger charge is -2.03.